The van der Waals surface area contributed by atoms with Gasteiger partial charge in [0.05, 0.1) is 27.7 Å². The second-order valence-electron chi connectivity index (χ2n) is 27.0. The van der Waals surface area contributed by atoms with Gasteiger partial charge in [0.2, 0.25) is 0 Å². The first kappa shape index (κ1) is 83.5. The van der Waals surface area contributed by atoms with Gasteiger partial charge in [-0.15, -0.1) is 0 Å². The highest BCUT2D eigenvalue weighted by Gasteiger charge is 2.27. The van der Waals surface area contributed by atoms with Gasteiger partial charge in [0.25, 0.3) is 0 Å². The zero-order valence-corrected chi connectivity index (χ0v) is 58.5. The van der Waals surface area contributed by atoms with Crippen LogP contribution in [0.3, 0.4) is 0 Å². The second kappa shape index (κ2) is 66.9. The van der Waals surface area contributed by atoms with Crippen molar-refractivity contribution in [3.8, 4) is 0 Å². The van der Waals surface area contributed by atoms with Crippen LogP contribution in [0.4, 0.5) is 0 Å². The van der Waals surface area contributed by atoms with Gasteiger partial charge in [0, 0.05) is 12.8 Å². The lowest BCUT2D eigenvalue weighted by atomic mass is 10.0. The number of ether oxygens (including phenoxy) is 2. The molecular weight excluding hydrogens is 1070 g/mol. The standard InChI is InChI=1S/C75H146NO8P/c1-6-8-10-12-14-16-18-20-22-24-26-28-30-31-32-33-34-35-36-37-38-39-40-41-42-43-44-45-46-48-50-52-54-56-58-60-62-64-66-68-75(78)84-73(72-83-85(79,80)82-70-69-76(3,4)5)71-81-74(77)67-65-63-61-59-57-55-53-51-49-47-29-27-25-23-21-19-17-15-13-11-9-7-2/h18,20,24,26,73H,6-17,19,21-23,25,27-72H2,1-5H3/p+1/b20-18-,26-24-. The summed E-state index contributed by atoms with van der Waals surface area (Å²) >= 11 is 0. The smallest absolute Gasteiger partial charge is 0.462 e. The van der Waals surface area contributed by atoms with E-state index in [1.165, 1.54) is 321 Å². The Morgan fingerprint density at radius 3 is 0.929 bits per heavy atom. The summed E-state index contributed by atoms with van der Waals surface area (Å²) in [5, 5.41) is 0. The number of hydrogen-bond donors (Lipinski definition) is 1. The zero-order chi connectivity index (χ0) is 61.9. The van der Waals surface area contributed by atoms with Crippen molar-refractivity contribution in [2.24, 2.45) is 0 Å². The molecule has 0 spiro atoms. The third-order valence-corrected chi connectivity index (χ3v) is 18.2. The van der Waals surface area contributed by atoms with Crippen LogP contribution >= 0.6 is 7.82 Å². The maximum atomic E-state index is 12.9. The number of carbonyl (C=O) groups excluding carboxylic acids is 2. The van der Waals surface area contributed by atoms with Gasteiger partial charge in [0.1, 0.15) is 19.8 Å². The third-order valence-electron chi connectivity index (χ3n) is 17.2. The molecule has 0 aromatic rings. The van der Waals surface area contributed by atoms with E-state index in [1.54, 1.807) is 0 Å². The van der Waals surface area contributed by atoms with E-state index in [0.29, 0.717) is 17.4 Å². The molecule has 1 N–H and O–H groups in total. The number of phosphoric ester groups is 1. The zero-order valence-electron chi connectivity index (χ0n) is 57.6. The quantitative estimate of drug-likeness (QED) is 0.0211. The molecule has 2 unspecified atom stereocenters. The summed E-state index contributed by atoms with van der Waals surface area (Å²) in [5.74, 6) is -0.770. The molecule has 0 aliphatic carbocycles. The number of carbonyl (C=O) groups is 2. The van der Waals surface area contributed by atoms with Gasteiger partial charge in [-0.25, -0.2) is 4.57 Å². The Morgan fingerprint density at radius 1 is 0.365 bits per heavy atom. The number of phosphoric acid groups is 1. The molecule has 9 nitrogen and oxygen atoms in total. The molecule has 2 atom stereocenters. The van der Waals surface area contributed by atoms with Gasteiger partial charge in [-0.05, 0) is 44.9 Å². The Balaban J connectivity index is 3.89. The molecule has 0 amide bonds. The summed E-state index contributed by atoms with van der Waals surface area (Å²) in [6.45, 7) is 4.51. The summed E-state index contributed by atoms with van der Waals surface area (Å²) in [6, 6.07) is 0. The highest BCUT2D eigenvalue weighted by Crippen LogP contribution is 2.43. The molecule has 0 saturated heterocycles. The fourth-order valence-corrected chi connectivity index (χ4v) is 12.2. The molecule has 0 aromatic carbocycles. The average Bonchev–Trinajstić information content (AvgIpc) is 3.50. The van der Waals surface area contributed by atoms with Crippen LogP contribution < -0.4 is 0 Å². The van der Waals surface area contributed by atoms with Crippen LogP contribution in [0.25, 0.3) is 0 Å². The predicted molar refractivity (Wildman–Crippen MR) is 367 cm³/mol. The molecule has 0 aliphatic rings. The normalized spacial score (nSPS) is 13.2. The Labute approximate surface area is 529 Å². The first-order valence-electron chi connectivity index (χ1n) is 37.6. The molecule has 0 aliphatic heterocycles. The lowest BCUT2D eigenvalue weighted by molar-refractivity contribution is -0.870. The Morgan fingerprint density at radius 2 is 0.635 bits per heavy atom. The maximum absolute atomic E-state index is 12.9. The lowest BCUT2D eigenvalue weighted by Gasteiger charge is -2.24. The van der Waals surface area contributed by atoms with E-state index in [4.69, 9.17) is 18.5 Å². The average molecular weight is 1220 g/mol. The molecule has 0 heterocycles. The number of allylic oxidation sites excluding steroid dienone is 4. The van der Waals surface area contributed by atoms with Gasteiger partial charge in [-0.3, -0.25) is 18.6 Å². The van der Waals surface area contributed by atoms with E-state index >= 15 is 0 Å². The van der Waals surface area contributed by atoms with Gasteiger partial charge in [-0.1, -0.05) is 359 Å². The van der Waals surface area contributed by atoms with E-state index < -0.39 is 26.5 Å². The summed E-state index contributed by atoms with van der Waals surface area (Å²) in [7, 11) is 1.50. The van der Waals surface area contributed by atoms with Crippen molar-refractivity contribution in [1.82, 2.24) is 0 Å². The summed E-state index contributed by atoms with van der Waals surface area (Å²) in [6.07, 6.45) is 84.6. The minimum Gasteiger partial charge on any atom is -0.462 e. The summed E-state index contributed by atoms with van der Waals surface area (Å²) in [5.41, 5.74) is 0. The molecule has 10 heteroatoms. The Hall–Kier alpha value is -1.51. The van der Waals surface area contributed by atoms with Crippen LogP contribution in [0, 0.1) is 0 Å². The fourth-order valence-electron chi connectivity index (χ4n) is 11.5. The van der Waals surface area contributed by atoms with Crippen molar-refractivity contribution in [3.63, 3.8) is 0 Å². The number of unbranched alkanes of at least 4 members (excludes halogenated alkanes) is 53. The highest BCUT2D eigenvalue weighted by atomic mass is 31.2. The number of likely N-dealkylation sites (N-methyl/N-ethyl adjacent to an activating group) is 1. The van der Waals surface area contributed by atoms with Crippen LogP contribution in [0.2, 0.25) is 0 Å². The van der Waals surface area contributed by atoms with Gasteiger partial charge < -0.3 is 18.9 Å². The molecular formula is C75H147NO8P+. The van der Waals surface area contributed by atoms with Crippen molar-refractivity contribution in [1.29, 1.82) is 0 Å². The van der Waals surface area contributed by atoms with Crippen molar-refractivity contribution in [3.05, 3.63) is 24.3 Å². The van der Waals surface area contributed by atoms with Crippen molar-refractivity contribution >= 4 is 19.8 Å². The first-order valence-corrected chi connectivity index (χ1v) is 39.1. The first-order chi connectivity index (χ1) is 41.5. The highest BCUT2D eigenvalue weighted by molar-refractivity contribution is 7.47. The van der Waals surface area contributed by atoms with E-state index in [2.05, 4.69) is 38.2 Å². The van der Waals surface area contributed by atoms with Gasteiger partial charge in [0.15, 0.2) is 6.10 Å². The van der Waals surface area contributed by atoms with Gasteiger partial charge in [-0.2, -0.15) is 0 Å². The van der Waals surface area contributed by atoms with Crippen LogP contribution in [0.5, 0.6) is 0 Å². The van der Waals surface area contributed by atoms with Crippen molar-refractivity contribution in [2.75, 3.05) is 47.5 Å². The molecule has 0 rings (SSSR count). The largest absolute Gasteiger partial charge is 0.472 e. The third kappa shape index (κ3) is 71.4. The minimum atomic E-state index is -4.39. The van der Waals surface area contributed by atoms with Crippen LogP contribution in [-0.2, 0) is 32.7 Å². The Kier molecular flexibility index (Phi) is 65.7. The molecule has 0 aromatic heterocycles. The maximum Gasteiger partial charge on any atom is 0.472 e. The van der Waals surface area contributed by atoms with E-state index in [1.807, 2.05) is 21.1 Å². The SMILES string of the molecule is CCCCCCC/C=C\C/C=C\CCCCCCCCCCCCCCCCCCCCCCCCCCCCCC(=O)OC(COC(=O)CCCCCCCCCCCCCCCCCCCCCCCC)COP(=O)(O)OCC[N+](C)(C)C. The van der Waals surface area contributed by atoms with Crippen molar-refractivity contribution in [2.45, 2.75) is 399 Å². The second-order valence-corrected chi connectivity index (χ2v) is 28.5. The Bertz CT molecular complexity index is 1480. The summed E-state index contributed by atoms with van der Waals surface area (Å²) in [4.78, 5) is 35.9. The van der Waals surface area contributed by atoms with Crippen molar-refractivity contribution < 1.29 is 42.1 Å². The topological polar surface area (TPSA) is 108 Å². The number of rotatable bonds is 71. The number of esters is 2. The number of hydrogen-bond acceptors (Lipinski definition) is 7. The molecule has 0 radical (unpaired) electrons. The van der Waals surface area contributed by atoms with Gasteiger partial charge >= 0.3 is 19.8 Å². The van der Waals surface area contributed by atoms with E-state index in [9.17, 15) is 19.0 Å². The monoisotopic (exact) mass is 1220 g/mol. The van der Waals surface area contributed by atoms with E-state index in [0.717, 1.165) is 44.9 Å². The van der Waals surface area contributed by atoms with Crippen LogP contribution in [-0.4, -0.2) is 74.9 Å². The molecule has 0 fully saturated rings. The van der Waals surface area contributed by atoms with Crippen LogP contribution in [0.1, 0.15) is 393 Å². The molecule has 0 saturated carbocycles. The molecule has 504 valence electrons. The molecule has 0 bridgehead atoms. The number of quaternary nitrogens is 1. The molecule has 85 heavy (non-hydrogen) atoms. The number of nitrogens with zero attached hydrogens (tertiary/aromatic N) is 1. The minimum absolute atomic E-state index is 0.0365. The fraction of sp³-hybridized carbons (Fsp3) is 0.920. The van der Waals surface area contributed by atoms with E-state index in [-0.39, 0.29) is 25.6 Å². The predicted octanol–water partition coefficient (Wildman–Crippen LogP) is 24.4. The lowest BCUT2D eigenvalue weighted by Crippen LogP contribution is -2.37. The summed E-state index contributed by atoms with van der Waals surface area (Å²) < 4.78 is 34.8. The van der Waals surface area contributed by atoms with Crippen LogP contribution in [0.15, 0.2) is 24.3 Å².